The first-order valence-corrected chi connectivity index (χ1v) is 7.65. The fourth-order valence-corrected chi connectivity index (χ4v) is 3.19. The second-order valence-electron chi connectivity index (χ2n) is 5.82. The Bertz CT molecular complexity index is 538. The van der Waals surface area contributed by atoms with Crippen molar-refractivity contribution < 1.29 is 0 Å². The molecule has 2 aromatic heterocycles. The number of fused-ring (bicyclic) bond motifs is 1. The van der Waals surface area contributed by atoms with E-state index in [9.17, 15) is 0 Å². The summed E-state index contributed by atoms with van der Waals surface area (Å²) >= 11 is 0. The molecule has 0 amide bonds. The smallest absolute Gasteiger partial charge is 0.137 e. The van der Waals surface area contributed by atoms with E-state index in [1.165, 1.54) is 18.5 Å². The average molecular weight is 272 g/mol. The Hall–Kier alpha value is -1.39. The second kappa shape index (κ2) is 5.54. The molecule has 20 heavy (non-hydrogen) atoms. The maximum Gasteiger partial charge on any atom is 0.137 e. The zero-order valence-corrected chi connectivity index (χ0v) is 12.5. The first kappa shape index (κ1) is 13.6. The van der Waals surface area contributed by atoms with Gasteiger partial charge < -0.3 is 9.72 Å². The van der Waals surface area contributed by atoms with Crippen molar-refractivity contribution in [2.75, 3.05) is 19.6 Å². The molecule has 1 saturated heterocycles. The molecule has 0 radical (unpaired) electrons. The van der Waals surface area contributed by atoms with E-state index in [-0.39, 0.29) is 5.54 Å². The number of aromatic nitrogens is 2. The minimum atomic E-state index is 0.289. The van der Waals surface area contributed by atoms with Crippen LogP contribution < -0.4 is 5.32 Å². The summed E-state index contributed by atoms with van der Waals surface area (Å²) in [4.78, 5) is 7.24. The molecule has 0 spiro atoms. The van der Waals surface area contributed by atoms with Gasteiger partial charge in [0.15, 0.2) is 0 Å². The Kier molecular flexibility index (Phi) is 3.76. The number of hydrogen-bond donors (Lipinski definition) is 1. The van der Waals surface area contributed by atoms with Crippen LogP contribution in [0.1, 0.15) is 32.4 Å². The van der Waals surface area contributed by atoms with Gasteiger partial charge in [-0.1, -0.05) is 19.9 Å². The summed E-state index contributed by atoms with van der Waals surface area (Å²) in [7, 11) is 0. The second-order valence-corrected chi connectivity index (χ2v) is 5.82. The van der Waals surface area contributed by atoms with E-state index in [0.29, 0.717) is 0 Å². The van der Waals surface area contributed by atoms with Crippen LogP contribution in [-0.4, -0.2) is 39.5 Å². The van der Waals surface area contributed by atoms with E-state index < -0.39 is 0 Å². The van der Waals surface area contributed by atoms with Gasteiger partial charge in [0.25, 0.3) is 0 Å². The SMILES string of the molecule is CCC1(CC)CN(Cc2cn3ccccc3n2)CCN1. The van der Waals surface area contributed by atoms with E-state index in [0.717, 1.165) is 31.8 Å². The van der Waals surface area contributed by atoms with Crippen LogP contribution in [0.5, 0.6) is 0 Å². The van der Waals surface area contributed by atoms with Gasteiger partial charge in [-0.25, -0.2) is 4.98 Å². The Morgan fingerprint density at radius 2 is 2.15 bits per heavy atom. The van der Waals surface area contributed by atoms with Crippen LogP contribution in [-0.2, 0) is 6.54 Å². The monoisotopic (exact) mass is 272 g/mol. The van der Waals surface area contributed by atoms with Crippen LogP contribution in [0.25, 0.3) is 5.65 Å². The molecule has 1 fully saturated rings. The van der Waals surface area contributed by atoms with Gasteiger partial charge >= 0.3 is 0 Å². The largest absolute Gasteiger partial charge is 0.309 e. The van der Waals surface area contributed by atoms with Gasteiger partial charge in [-0.3, -0.25) is 4.90 Å². The van der Waals surface area contributed by atoms with Crippen LogP contribution in [0.2, 0.25) is 0 Å². The van der Waals surface area contributed by atoms with Gasteiger partial charge in [-0.15, -0.1) is 0 Å². The van der Waals surface area contributed by atoms with Gasteiger partial charge in [-0.05, 0) is 25.0 Å². The molecule has 0 bridgehead atoms. The van der Waals surface area contributed by atoms with Crippen LogP contribution >= 0.6 is 0 Å². The number of pyridine rings is 1. The van der Waals surface area contributed by atoms with Gasteiger partial charge in [-0.2, -0.15) is 0 Å². The highest BCUT2D eigenvalue weighted by Gasteiger charge is 2.31. The van der Waals surface area contributed by atoms with E-state index >= 15 is 0 Å². The first-order chi connectivity index (χ1) is 9.74. The van der Waals surface area contributed by atoms with Crippen molar-refractivity contribution in [2.24, 2.45) is 0 Å². The highest BCUT2D eigenvalue weighted by Crippen LogP contribution is 2.21. The zero-order chi connectivity index (χ0) is 14.0. The van der Waals surface area contributed by atoms with E-state index in [1.54, 1.807) is 0 Å². The molecule has 0 aliphatic carbocycles. The molecule has 0 aromatic carbocycles. The molecule has 3 rings (SSSR count). The summed E-state index contributed by atoms with van der Waals surface area (Å²) in [5.74, 6) is 0. The number of imidazole rings is 1. The minimum Gasteiger partial charge on any atom is -0.309 e. The lowest BCUT2D eigenvalue weighted by molar-refractivity contribution is 0.117. The maximum absolute atomic E-state index is 4.71. The summed E-state index contributed by atoms with van der Waals surface area (Å²) in [6, 6.07) is 6.14. The van der Waals surface area contributed by atoms with E-state index in [1.807, 2.05) is 12.1 Å². The summed E-state index contributed by atoms with van der Waals surface area (Å²) in [5, 5.41) is 3.71. The zero-order valence-electron chi connectivity index (χ0n) is 12.5. The highest BCUT2D eigenvalue weighted by molar-refractivity contribution is 5.39. The third kappa shape index (κ3) is 2.58. The lowest BCUT2D eigenvalue weighted by Crippen LogP contribution is -2.59. The summed E-state index contributed by atoms with van der Waals surface area (Å²) in [6.07, 6.45) is 6.58. The molecule has 1 N–H and O–H groups in total. The van der Waals surface area contributed by atoms with Crippen molar-refractivity contribution in [3.63, 3.8) is 0 Å². The van der Waals surface area contributed by atoms with Crippen molar-refractivity contribution >= 4 is 5.65 Å². The molecular formula is C16H24N4. The third-order valence-electron chi connectivity index (χ3n) is 4.61. The fourth-order valence-electron chi connectivity index (χ4n) is 3.19. The Balaban J connectivity index is 1.73. The number of hydrogen-bond acceptors (Lipinski definition) is 3. The molecule has 3 heterocycles. The lowest BCUT2D eigenvalue weighted by atomic mass is 9.90. The van der Waals surface area contributed by atoms with Gasteiger partial charge in [0.1, 0.15) is 5.65 Å². The Labute approximate surface area is 120 Å². The van der Waals surface area contributed by atoms with Gasteiger partial charge in [0, 0.05) is 44.1 Å². The molecule has 1 aliphatic rings. The molecule has 2 aromatic rings. The highest BCUT2D eigenvalue weighted by atomic mass is 15.2. The molecule has 4 nitrogen and oxygen atoms in total. The average Bonchev–Trinajstić information content (AvgIpc) is 2.89. The Morgan fingerprint density at radius 3 is 2.90 bits per heavy atom. The Morgan fingerprint density at radius 1 is 1.30 bits per heavy atom. The summed E-state index contributed by atoms with van der Waals surface area (Å²) in [6.45, 7) is 8.82. The van der Waals surface area contributed by atoms with E-state index in [4.69, 9.17) is 4.98 Å². The molecular weight excluding hydrogens is 248 g/mol. The molecule has 0 unspecified atom stereocenters. The first-order valence-electron chi connectivity index (χ1n) is 7.65. The van der Waals surface area contributed by atoms with Crippen molar-refractivity contribution in [1.82, 2.24) is 19.6 Å². The predicted octanol–water partition coefficient (Wildman–Crippen LogP) is 2.30. The summed E-state index contributed by atoms with van der Waals surface area (Å²) in [5.41, 5.74) is 2.49. The number of nitrogens with one attached hydrogen (secondary N) is 1. The fraction of sp³-hybridized carbons (Fsp3) is 0.562. The topological polar surface area (TPSA) is 32.6 Å². The minimum absolute atomic E-state index is 0.289. The van der Waals surface area contributed by atoms with Crippen LogP contribution in [0.15, 0.2) is 30.6 Å². The maximum atomic E-state index is 4.71. The number of rotatable bonds is 4. The van der Waals surface area contributed by atoms with Crippen LogP contribution in [0.4, 0.5) is 0 Å². The normalized spacial score (nSPS) is 19.5. The standard InChI is InChI=1S/C16H24N4/c1-3-16(4-2)13-19(10-8-17-16)11-14-12-20-9-6-5-7-15(20)18-14/h5-7,9,12,17H,3-4,8,10-11,13H2,1-2H3. The predicted molar refractivity (Wildman–Crippen MR) is 81.8 cm³/mol. The molecule has 1 aliphatic heterocycles. The van der Waals surface area contributed by atoms with Gasteiger partial charge in [0.05, 0.1) is 5.69 Å². The van der Waals surface area contributed by atoms with Crippen molar-refractivity contribution in [1.29, 1.82) is 0 Å². The van der Waals surface area contributed by atoms with Crippen molar-refractivity contribution in [3.05, 3.63) is 36.3 Å². The molecule has 0 saturated carbocycles. The van der Waals surface area contributed by atoms with Crippen LogP contribution in [0, 0.1) is 0 Å². The van der Waals surface area contributed by atoms with Crippen molar-refractivity contribution in [3.8, 4) is 0 Å². The van der Waals surface area contributed by atoms with Crippen molar-refractivity contribution in [2.45, 2.75) is 38.8 Å². The lowest BCUT2D eigenvalue weighted by Gasteiger charge is -2.43. The molecule has 0 atom stereocenters. The number of nitrogens with zero attached hydrogens (tertiary/aromatic N) is 3. The number of piperazine rings is 1. The quantitative estimate of drug-likeness (QED) is 0.927. The molecule has 108 valence electrons. The third-order valence-corrected chi connectivity index (χ3v) is 4.61. The van der Waals surface area contributed by atoms with E-state index in [2.05, 4.69) is 46.9 Å². The van der Waals surface area contributed by atoms with Crippen LogP contribution in [0.3, 0.4) is 0 Å². The molecule has 4 heteroatoms. The summed E-state index contributed by atoms with van der Waals surface area (Å²) < 4.78 is 2.10. The van der Waals surface area contributed by atoms with Gasteiger partial charge in [0.2, 0.25) is 0 Å².